The molecule has 2 heterocycles. The Balaban J connectivity index is 2.06. The van der Waals surface area contributed by atoms with Crippen LogP contribution >= 0.6 is 0 Å². The lowest BCUT2D eigenvalue weighted by atomic mass is 10.1. The molecule has 0 aliphatic rings. The molecule has 1 amide bonds. The van der Waals surface area contributed by atoms with Crippen molar-refractivity contribution in [1.29, 1.82) is 0 Å². The number of nitrogens with zero attached hydrogens (tertiary/aromatic N) is 4. The summed E-state index contributed by atoms with van der Waals surface area (Å²) in [7, 11) is 0. The van der Waals surface area contributed by atoms with Crippen LogP contribution in [0.25, 0.3) is 5.82 Å². The summed E-state index contributed by atoms with van der Waals surface area (Å²) >= 11 is 0. The summed E-state index contributed by atoms with van der Waals surface area (Å²) in [5.74, 6) is 0.668. The predicted octanol–water partition coefficient (Wildman–Crippen LogP) is 1.65. The summed E-state index contributed by atoms with van der Waals surface area (Å²) in [6.45, 7) is 3.88. The fourth-order valence-corrected chi connectivity index (χ4v) is 1.37. The molecule has 6 heteroatoms. The normalized spacial score (nSPS) is 12.1. The Morgan fingerprint density at radius 1 is 1.50 bits per heavy atom. The first-order valence-corrected chi connectivity index (χ1v) is 5.82. The van der Waals surface area contributed by atoms with Gasteiger partial charge in [0, 0.05) is 5.92 Å². The fourth-order valence-electron chi connectivity index (χ4n) is 1.37. The van der Waals surface area contributed by atoms with E-state index in [1.54, 1.807) is 29.3 Å². The van der Waals surface area contributed by atoms with Gasteiger partial charge in [-0.3, -0.25) is 4.79 Å². The minimum absolute atomic E-state index is 0.00000745. The van der Waals surface area contributed by atoms with Gasteiger partial charge in [0.05, 0.1) is 11.9 Å². The number of rotatable bonds is 4. The van der Waals surface area contributed by atoms with Gasteiger partial charge in [-0.15, -0.1) is 0 Å². The van der Waals surface area contributed by atoms with Crippen molar-refractivity contribution in [1.82, 2.24) is 19.7 Å². The monoisotopic (exact) mass is 245 g/mol. The van der Waals surface area contributed by atoms with Crippen molar-refractivity contribution in [3.05, 3.63) is 31.0 Å². The predicted molar refractivity (Wildman–Crippen MR) is 67.2 cm³/mol. The lowest BCUT2D eigenvalue weighted by molar-refractivity contribution is -0.119. The number of pyridine rings is 1. The highest BCUT2D eigenvalue weighted by Crippen LogP contribution is 2.11. The van der Waals surface area contributed by atoms with E-state index in [0.717, 1.165) is 6.42 Å². The van der Waals surface area contributed by atoms with E-state index in [-0.39, 0.29) is 11.8 Å². The number of anilines is 1. The van der Waals surface area contributed by atoms with Gasteiger partial charge >= 0.3 is 0 Å². The molecule has 0 radical (unpaired) electrons. The Morgan fingerprint density at radius 2 is 2.33 bits per heavy atom. The summed E-state index contributed by atoms with van der Waals surface area (Å²) < 4.78 is 1.56. The summed E-state index contributed by atoms with van der Waals surface area (Å²) in [5.41, 5.74) is 0.684. The van der Waals surface area contributed by atoms with Crippen molar-refractivity contribution in [3.8, 4) is 5.82 Å². The number of carbonyl (C=O) groups is 1. The second-order valence-corrected chi connectivity index (χ2v) is 4.04. The fraction of sp³-hybridized carbons (Fsp3) is 0.333. The number of amides is 1. The van der Waals surface area contributed by atoms with Gasteiger partial charge in [0.25, 0.3) is 0 Å². The van der Waals surface area contributed by atoms with E-state index in [2.05, 4.69) is 20.4 Å². The SMILES string of the molecule is CC[C@@H](C)C(=O)Nc1ccc(-n2cncn2)nc1. The van der Waals surface area contributed by atoms with E-state index in [0.29, 0.717) is 11.5 Å². The van der Waals surface area contributed by atoms with Crippen LogP contribution in [0.3, 0.4) is 0 Å². The summed E-state index contributed by atoms with van der Waals surface area (Å²) in [6.07, 6.45) is 5.44. The molecule has 0 aliphatic carbocycles. The van der Waals surface area contributed by atoms with Crippen LogP contribution in [-0.2, 0) is 4.79 Å². The zero-order chi connectivity index (χ0) is 13.0. The topological polar surface area (TPSA) is 72.7 Å². The number of nitrogens with one attached hydrogen (secondary N) is 1. The van der Waals surface area contributed by atoms with Gasteiger partial charge in [0.2, 0.25) is 5.91 Å². The molecule has 0 bridgehead atoms. The molecule has 0 aliphatic heterocycles. The van der Waals surface area contributed by atoms with Crippen LogP contribution in [0.5, 0.6) is 0 Å². The summed E-state index contributed by atoms with van der Waals surface area (Å²) in [6, 6.07) is 3.57. The van der Waals surface area contributed by atoms with Crippen LogP contribution in [0.4, 0.5) is 5.69 Å². The van der Waals surface area contributed by atoms with E-state index in [4.69, 9.17) is 0 Å². The number of hydrogen-bond acceptors (Lipinski definition) is 4. The molecule has 1 N–H and O–H groups in total. The lowest BCUT2D eigenvalue weighted by Gasteiger charge is -2.09. The van der Waals surface area contributed by atoms with Gasteiger partial charge in [-0.2, -0.15) is 5.10 Å². The second kappa shape index (κ2) is 5.39. The first-order valence-electron chi connectivity index (χ1n) is 5.82. The average Bonchev–Trinajstić information content (AvgIpc) is 2.92. The first-order chi connectivity index (χ1) is 8.70. The molecule has 0 spiro atoms. The molecule has 2 rings (SSSR count). The Morgan fingerprint density at radius 3 is 2.89 bits per heavy atom. The molecule has 0 saturated heterocycles. The first kappa shape index (κ1) is 12.2. The van der Waals surface area contributed by atoms with Crippen molar-refractivity contribution in [2.75, 3.05) is 5.32 Å². The van der Waals surface area contributed by atoms with Crippen LogP contribution in [0.1, 0.15) is 20.3 Å². The van der Waals surface area contributed by atoms with Gasteiger partial charge in [0.15, 0.2) is 5.82 Å². The molecule has 2 aromatic rings. The highest BCUT2D eigenvalue weighted by Gasteiger charge is 2.10. The van der Waals surface area contributed by atoms with Crippen molar-refractivity contribution >= 4 is 11.6 Å². The third-order valence-corrected chi connectivity index (χ3v) is 2.73. The minimum atomic E-state index is -0.00000745. The smallest absolute Gasteiger partial charge is 0.227 e. The van der Waals surface area contributed by atoms with Crippen molar-refractivity contribution in [2.24, 2.45) is 5.92 Å². The summed E-state index contributed by atoms with van der Waals surface area (Å²) in [5, 5.41) is 6.79. The molecule has 0 unspecified atom stereocenters. The number of carbonyl (C=O) groups excluding carboxylic acids is 1. The largest absolute Gasteiger partial charge is 0.324 e. The summed E-state index contributed by atoms with van der Waals surface area (Å²) in [4.78, 5) is 19.7. The zero-order valence-electron chi connectivity index (χ0n) is 10.4. The molecule has 18 heavy (non-hydrogen) atoms. The third kappa shape index (κ3) is 2.71. The molecule has 94 valence electrons. The van der Waals surface area contributed by atoms with Crippen molar-refractivity contribution < 1.29 is 4.79 Å². The Kier molecular flexibility index (Phi) is 3.66. The van der Waals surface area contributed by atoms with Crippen LogP contribution in [0, 0.1) is 5.92 Å². The van der Waals surface area contributed by atoms with E-state index < -0.39 is 0 Å². The average molecular weight is 245 g/mol. The Hall–Kier alpha value is -2.24. The maximum Gasteiger partial charge on any atom is 0.227 e. The molecule has 1 atom stereocenters. The molecular weight excluding hydrogens is 230 g/mol. The van der Waals surface area contributed by atoms with E-state index in [9.17, 15) is 4.79 Å². The van der Waals surface area contributed by atoms with Crippen LogP contribution in [0.2, 0.25) is 0 Å². The quantitative estimate of drug-likeness (QED) is 0.888. The standard InChI is InChI=1S/C12H15N5O/c1-3-9(2)12(18)16-10-4-5-11(14-6-10)17-8-13-7-15-17/h4-9H,3H2,1-2H3,(H,16,18)/t9-/m1/s1. The zero-order valence-corrected chi connectivity index (χ0v) is 10.4. The minimum Gasteiger partial charge on any atom is -0.324 e. The number of aromatic nitrogens is 4. The molecule has 6 nitrogen and oxygen atoms in total. The van der Waals surface area contributed by atoms with Crippen LogP contribution < -0.4 is 5.32 Å². The highest BCUT2D eigenvalue weighted by molar-refractivity contribution is 5.92. The third-order valence-electron chi connectivity index (χ3n) is 2.73. The Labute approximate surface area is 105 Å². The van der Waals surface area contributed by atoms with Gasteiger partial charge in [-0.1, -0.05) is 13.8 Å². The van der Waals surface area contributed by atoms with Crippen LogP contribution in [-0.4, -0.2) is 25.7 Å². The second-order valence-electron chi connectivity index (χ2n) is 4.04. The molecule has 0 saturated carbocycles. The highest BCUT2D eigenvalue weighted by atomic mass is 16.1. The van der Waals surface area contributed by atoms with Gasteiger partial charge in [-0.05, 0) is 18.6 Å². The lowest BCUT2D eigenvalue weighted by Crippen LogP contribution is -2.19. The maximum atomic E-state index is 11.7. The Bertz CT molecular complexity index is 506. The number of hydrogen-bond donors (Lipinski definition) is 1. The van der Waals surface area contributed by atoms with E-state index in [1.807, 2.05) is 13.8 Å². The van der Waals surface area contributed by atoms with Gasteiger partial charge in [-0.25, -0.2) is 14.6 Å². The van der Waals surface area contributed by atoms with Gasteiger partial charge < -0.3 is 5.32 Å². The van der Waals surface area contributed by atoms with Crippen molar-refractivity contribution in [3.63, 3.8) is 0 Å². The molecule has 0 fully saturated rings. The molecule has 2 aromatic heterocycles. The van der Waals surface area contributed by atoms with Crippen molar-refractivity contribution in [2.45, 2.75) is 20.3 Å². The molecular formula is C12H15N5O. The maximum absolute atomic E-state index is 11.7. The van der Waals surface area contributed by atoms with E-state index >= 15 is 0 Å². The van der Waals surface area contributed by atoms with E-state index in [1.165, 1.54) is 6.33 Å². The van der Waals surface area contributed by atoms with Crippen LogP contribution in [0.15, 0.2) is 31.0 Å². The molecule has 0 aromatic carbocycles. The van der Waals surface area contributed by atoms with Gasteiger partial charge in [0.1, 0.15) is 12.7 Å².